The lowest BCUT2D eigenvalue weighted by Crippen LogP contribution is -2.42. The van der Waals surface area contributed by atoms with Gasteiger partial charge in [-0.2, -0.15) is 0 Å². The van der Waals surface area contributed by atoms with Crippen LogP contribution in [0.1, 0.15) is 26.3 Å². The van der Waals surface area contributed by atoms with Crippen LogP contribution in [0, 0.1) is 6.92 Å². The molecule has 4 rings (SSSR count). The first-order valence-corrected chi connectivity index (χ1v) is 9.25. The first-order valence-electron chi connectivity index (χ1n) is 7.64. The third-order valence-corrected chi connectivity index (χ3v) is 5.59. The number of fused-ring (bicyclic) bond motifs is 1. The number of anilines is 2. The number of hydrogen-bond donors (Lipinski definition) is 1. The first-order chi connectivity index (χ1) is 11.6. The molecule has 0 saturated heterocycles. The van der Waals surface area contributed by atoms with E-state index in [1.807, 2.05) is 53.4 Å². The summed E-state index contributed by atoms with van der Waals surface area (Å²) in [4.78, 5) is 17.4. The zero-order valence-corrected chi connectivity index (χ0v) is 15.4. The average molecular weight is 399 g/mol. The standard InChI is InChI=1S/C19H15BrN2OS/c1-12-9-10-17(24-12)18-21-16-8-3-2-7-15(16)19(23)22(18)14-6-4-5-13(20)11-14/h2-11,18,21H,1H3. The topological polar surface area (TPSA) is 32.3 Å². The molecule has 1 unspecified atom stereocenters. The summed E-state index contributed by atoms with van der Waals surface area (Å²) in [6, 6.07) is 19.7. The van der Waals surface area contributed by atoms with Gasteiger partial charge in [-0.1, -0.05) is 34.1 Å². The molecule has 0 radical (unpaired) electrons. The number of halogens is 1. The van der Waals surface area contributed by atoms with Gasteiger partial charge in [0, 0.05) is 25.6 Å². The second-order valence-corrected chi connectivity index (χ2v) is 7.93. The number of carbonyl (C=O) groups is 1. The van der Waals surface area contributed by atoms with E-state index in [1.165, 1.54) is 4.88 Å². The summed E-state index contributed by atoms with van der Waals surface area (Å²) in [6.45, 7) is 2.08. The third-order valence-electron chi connectivity index (χ3n) is 4.04. The number of nitrogens with zero attached hydrogens (tertiary/aromatic N) is 1. The van der Waals surface area contributed by atoms with Crippen LogP contribution in [0.15, 0.2) is 65.1 Å². The molecule has 1 aliphatic rings. The SMILES string of the molecule is Cc1ccc(C2Nc3ccccc3C(=O)N2c2cccc(Br)c2)s1. The molecule has 1 amide bonds. The molecule has 1 aromatic heterocycles. The van der Waals surface area contributed by atoms with Crippen molar-refractivity contribution in [2.24, 2.45) is 0 Å². The fraction of sp³-hybridized carbons (Fsp3) is 0.105. The zero-order valence-electron chi connectivity index (χ0n) is 13.0. The van der Waals surface area contributed by atoms with Gasteiger partial charge < -0.3 is 5.32 Å². The highest BCUT2D eigenvalue weighted by molar-refractivity contribution is 9.10. The number of hydrogen-bond acceptors (Lipinski definition) is 3. The molecular weight excluding hydrogens is 384 g/mol. The van der Waals surface area contributed by atoms with E-state index in [2.05, 4.69) is 40.3 Å². The minimum atomic E-state index is -0.208. The predicted molar refractivity (Wildman–Crippen MR) is 103 cm³/mol. The Bertz CT molecular complexity index is 921. The Kier molecular flexibility index (Phi) is 3.90. The summed E-state index contributed by atoms with van der Waals surface area (Å²) in [5, 5.41) is 3.53. The number of carbonyl (C=O) groups excluding carboxylic acids is 1. The van der Waals surface area contributed by atoms with E-state index in [0.717, 1.165) is 20.7 Å². The van der Waals surface area contributed by atoms with Crippen molar-refractivity contribution in [3.63, 3.8) is 0 Å². The zero-order chi connectivity index (χ0) is 16.7. The fourth-order valence-corrected chi connectivity index (χ4v) is 4.25. The Balaban J connectivity index is 1.87. The number of rotatable bonds is 2. The quantitative estimate of drug-likeness (QED) is 0.609. The molecular formula is C19H15BrN2OS. The summed E-state index contributed by atoms with van der Waals surface area (Å²) >= 11 is 5.21. The molecule has 1 aliphatic heterocycles. The Morgan fingerprint density at radius 2 is 1.92 bits per heavy atom. The summed E-state index contributed by atoms with van der Waals surface area (Å²) in [5.41, 5.74) is 2.44. The highest BCUT2D eigenvalue weighted by atomic mass is 79.9. The molecule has 0 spiro atoms. The molecule has 24 heavy (non-hydrogen) atoms. The van der Waals surface area contributed by atoms with Crippen molar-refractivity contribution in [1.29, 1.82) is 0 Å². The van der Waals surface area contributed by atoms with Crippen LogP contribution in [-0.2, 0) is 0 Å². The number of aryl methyl sites for hydroxylation is 1. The van der Waals surface area contributed by atoms with Crippen molar-refractivity contribution in [2.75, 3.05) is 10.2 Å². The maximum Gasteiger partial charge on any atom is 0.262 e. The predicted octanol–water partition coefficient (Wildman–Crippen LogP) is 5.59. The van der Waals surface area contributed by atoms with Crippen LogP contribution in [0.2, 0.25) is 0 Å². The van der Waals surface area contributed by atoms with E-state index in [-0.39, 0.29) is 12.1 Å². The fourth-order valence-electron chi connectivity index (χ4n) is 2.95. The van der Waals surface area contributed by atoms with Gasteiger partial charge in [0.25, 0.3) is 5.91 Å². The number of thiophene rings is 1. The van der Waals surface area contributed by atoms with Gasteiger partial charge in [0.1, 0.15) is 6.17 Å². The van der Waals surface area contributed by atoms with Crippen LogP contribution in [0.25, 0.3) is 0 Å². The second kappa shape index (κ2) is 6.07. The summed E-state index contributed by atoms with van der Waals surface area (Å²) in [5.74, 6) is 0.0125. The van der Waals surface area contributed by atoms with Gasteiger partial charge in [0.05, 0.1) is 5.56 Å². The van der Waals surface area contributed by atoms with Gasteiger partial charge in [0.2, 0.25) is 0 Å². The molecule has 1 atom stereocenters. The Hall–Kier alpha value is -2.11. The first kappa shape index (κ1) is 15.4. The average Bonchev–Trinajstić information content (AvgIpc) is 3.01. The monoisotopic (exact) mass is 398 g/mol. The van der Waals surface area contributed by atoms with Crippen molar-refractivity contribution in [2.45, 2.75) is 13.1 Å². The smallest absolute Gasteiger partial charge is 0.262 e. The lowest BCUT2D eigenvalue weighted by atomic mass is 10.1. The molecule has 0 bridgehead atoms. The molecule has 0 saturated carbocycles. The van der Waals surface area contributed by atoms with Crippen LogP contribution < -0.4 is 10.2 Å². The number of para-hydroxylation sites is 1. The highest BCUT2D eigenvalue weighted by Crippen LogP contribution is 2.39. The van der Waals surface area contributed by atoms with Gasteiger partial charge in [-0.05, 0) is 49.4 Å². The molecule has 2 aromatic carbocycles. The van der Waals surface area contributed by atoms with Crippen molar-refractivity contribution >= 4 is 44.5 Å². The summed E-state index contributed by atoms with van der Waals surface area (Å²) in [7, 11) is 0. The van der Waals surface area contributed by atoms with E-state index in [0.29, 0.717) is 5.56 Å². The molecule has 3 nitrogen and oxygen atoms in total. The van der Waals surface area contributed by atoms with E-state index in [9.17, 15) is 4.79 Å². The lowest BCUT2D eigenvalue weighted by Gasteiger charge is -2.37. The van der Waals surface area contributed by atoms with Gasteiger partial charge >= 0.3 is 0 Å². The van der Waals surface area contributed by atoms with E-state index < -0.39 is 0 Å². The van der Waals surface area contributed by atoms with E-state index >= 15 is 0 Å². The number of nitrogens with one attached hydrogen (secondary N) is 1. The van der Waals surface area contributed by atoms with Crippen molar-refractivity contribution in [3.8, 4) is 0 Å². The van der Waals surface area contributed by atoms with Crippen molar-refractivity contribution < 1.29 is 4.79 Å². The molecule has 120 valence electrons. The number of amides is 1. The van der Waals surface area contributed by atoms with Gasteiger partial charge in [-0.25, -0.2) is 0 Å². The molecule has 1 N–H and O–H groups in total. The largest absolute Gasteiger partial charge is 0.360 e. The molecule has 5 heteroatoms. The van der Waals surface area contributed by atoms with Crippen LogP contribution >= 0.6 is 27.3 Å². The maximum absolute atomic E-state index is 13.2. The molecule has 2 heterocycles. The van der Waals surface area contributed by atoms with Gasteiger partial charge in [-0.15, -0.1) is 11.3 Å². The van der Waals surface area contributed by atoms with Crippen molar-refractivity contribution in [1.82, 2.24) is 0 Å². The molecule has 0 fully saturated rings. The van der Waals surface area contributed by atoms with E-state index in [4.69, 9.17) is 0 Å². The van der Waals surface area contributed by atoms with Gasteiger partial charge in [0.15, 0.2) is 0 Å². The minimum absolute atomic E-state index is 0.0125. The van der Waals surface area contributed by atoms with Crippen LogP contribution in [-0.4, -0.2) is 5.91 Å². The van der Waals surface area contributed by atoms with E-state index in [1.54, 1.807) is 11.3 Å². The lowest BCUT2D eigenvalue weighted by molar-refractivity contribution is 0.0975. The maximum atomic E-state index is 13.2. The Labute approximate surface area is 153 Å². The Morgan fingerprint density at radius 3 is 2.67 bits per heavy atom. The third kappa shape index (κ3) is 2.64. The van der Waals surface area contributed by atoms with Gasteiger partial charge in [-0.3, -0.25) is 9.69 Å². The second-order valence-electron chi connectivity index (χ2n) is 5.70. The highest BCUT2D eigenvalue weighted by Gasteiger charge is 2.34. The Morgan fingerprint density at radius 1 is 1.08 bits per heavy atom. The molecule has 0 aliphatic carbocycles. The van der Waals surface area contributed by atoms with Crippen LogP contribution in [0.3, 0.4) is 0 Å². The van der Waals surface area contributed by atoms with Crippen LogP contribution in [0.5, 0.6) is 0 Å². The van der Waals surface area contributed by atoms with Crippen LogP contribution in [0.4, 0.5) is 11.4 Å². The van der Waals surface area contributed by atoms with Crippen molar-refractivity contribution in [3.05, 3.63) is 80.5 Å². The minimum Gasteiger partial charge on any atom is -0.360 e. The number of benzene rings is 2. The summed E-state index contributed by atoms with van der Waals surface area (Å²) < 4.78 is 0.952. The normalized spacial score (nSPS) is 16.7. The summed E-state index contributed by atoms with van der Waals surface area (Å²) in [6.07, 6.45) is -0.208. The molecule has 3 aromatic rings.